The minimum absolute atomic E-state index is 0.146. The van der Waals surface area contributed by atoms with E-state index in [0.29, 0.717) is 31.6 Å². The number of nitrogens with one attached hydrogen (secondary N) is 1. The van der Waals surface area contributed by atoms with Gasteiger partial charge in [0.2, 0.25) is 5.91 Å². The van der Waals surface area contributed by atoms with Crippen LogP contribution in [0.2, 0.25) is 0 Å². The molecular weight excluding hydrogens is 333 g/mol. The molecule has 1 fully saturated rings. The molecule has 2 aromatic carbocycles. The molecule has 0 spiro atoms. The van der Waals surface area contributed by atoms with Crippen LogP contribution in [0.25, 0.3) is 0 Å². The summed E-state index contributed by atoms with van der Waals surface area (Å²) in [4.78, 5) is 28.7. The predicted octanol–water partition coefficient (Wildman–Crippen LogP) is 2.82. The third-order valence-electron chi connectivity index (χ3n) is 4.57. The molecule has 26 heavy (non-hydrogen) atoms. The number of carbonyl (C=O) groups excluding carboxylic acids is 2. The average molecular weight is 355 g/mol. The summed E-state index contributed by atoms with van der Waals surface area (Å²) in [7, 11) is 1.64. The summed E-state index contributed by atoms with van der Waals surface area (Å²) in [5.74, 6) is -0.502. The lowest BCUT2D eigenvalue weighted by molar-refractivity contribution is -0.124. The smallest absolute Gasteiger partial charge is 0.324 e. The predicted molar refractivity (Wildman–Crippen MR) is 98.5 cm³/mol. The van der Waals surface area contributed by atoms with Gasteiger partial charge in [-0.15, -0.1) is 0 Å². The number of halogens is 1. The summed E-state index contributed by atoms with van der Waals surface area (Å²) in [6, 6.07) is 14.5. The van der Waals surface area contributed by atoms with Gasteiger partial charge in [0.1, 0.15) is 11.9 Å². The molecule has 3 amide bonds. The van der Waals surface area contributed by atoms with Crippen molar-refractivity contribution in [3.8, 4) is 0 Å². The van der Waals surface area contributed by atoms with Gasteiger partial charge in [0.25, 0.3) is 0 Å². The van der Waals surface area contributed by atoms with Crippen molar-refractivity contribution in [2.45, 2.75) is 18.9 Å². The lowest BCUT2D eigenvalue weighted by Gasteiger charge is -2.32. The van der Waals surface area contributed by atoms with Gasteiger partial charge < -0.3 is 10.2 Å². The first-order valence-corrected chi connectivity index (χ1v) is 8.68. The van der Waals surface area contributed by atoms with Crippen LogP contribution in [0.1, 0.15) is 12.0 Å². The lowest BCUT2D eigenvalue weighted by Crippen LogP contribution is -2.52. The fourth-order valence-electron chi connectivity index (χ4n) is 3.11. The van der Waals surface area contributed by atoms with Gasteiger partial charge in [-0.1, -0.05) is 30.3 Å². The van der Waals surface area contributed by atoms with E-state index in [-0.39, 0.29) is 17.8 Å². The van der Waals surface area contributed by atoms with Crippen LogP contribution in [0.15, 0.2) is 54.6 Å². The largest absolute Gasteiger partial charge is 0.354 e. The number of rotatable bonds is 3. The van der Waals surface area contributed by atoms with E-state index in [2.05, 4.69) is 5.32 Å². The van der Waals surface area contributed by atoms with Crippen molar-refractivity contribution in [3.63, 3.8) is 0 Å². The Kier molecular flexibility index (Phi) is 5.51. The highest BCUT2D eigenvalue weighted by molar-refractivity contribution is 5.95. The maximum atomic E-state index is 13.1. The zero-order chi connectivity index (χ0) is 18.5. The maximum Gasteiger partial charge on any atom is 0.324 e. The third kappa shape index (κ3) is 4.02. The molecule has 0 radical (unpaired) electrons. The SMILES string of the molecule is CN(C(=O)N1CCCNC(=O)[C@@H]1Cc1ccccc1)c1ccc(F)cc1. The summed E-state index contributed by atoms with van der Waals surface area (Å²) in [5, 5.41) is 2.88. The second-order valence-electron chi connectivity index (χ2n) is 6.36. The second kappa shape index (κ2) is 7.99. The monoisotopic (exact) mass is 355 g/mol. The third-order valence-corrected chi connectivity index (χ3v) is 4.57. The number of benzene rings is 2. The summed E-state index contributed by atoms with van der Waals surface area (Å²) in [6.45, 7) is 1.04. The molecule has 1 saturated heterocycles. The number of hydrogen-bond acceptors (Lipinski definition) is 2. The molecule has 1 aliphatic heterocycles. The van der Waals surface area contributed by atoms with E-state index in [9.17, 15) is 14.0 Å². The Hall–Kier alpha value is -2.89. The number of nitrogens with zero attached hydrogens (tertiary/aromatic N) is 2. The molecule has 1 N–H and O–H groups in total. The number of anilines is 1. The fourth-order valence-corrected chi connectivity index (χ4v) is 3.11. The Balaban J connectivity index is 1.84. The molecule has 0 aliphatic carbocycles. The molecule has 0 aromatic heterocycles. The molecule has 0 bridgehead atoms. The van der Waals surface area contributed by atoms with E-state index in [1.807, 2.05) is 30.3 Å². The van der Waals surface area contributed by atoms with E-state index in [1.54, 1.807) is 24.1 Å². The summed E-state index contributed by atoms with van der Waals surface area (Å²) in [5.41, 5.74) is 1.58. The number of urea groups is 1. The molecule has 1 heterocycles. The van der Waals surface area contributed by atoms with Crippen LogP contribution in [-0.4, -0.2) is 43.0 Å². The molecule has 0 saturated carbocycles. The molecule has 6 heteroatoms. The van der Waals surface area contributed by atoms with Crippen LogP contribution < -0.4 is 10.2 Å². The molecule has 3 rings (SSSR count). The van der Waals surface area contributed by atoms with Crippen LogP contribution in [0.5, 0.6) is 0 Å². The first-order chi connectivity index (χ1) is 12.6. The Morgan fingerprint density at radius 2 is 1.88 bits per heavy atom. The molecule has 0 unspecified atom stereocenters. The van der Waals surface area contributed by atoms with Crippen molar-refractivity contribution < 1.29 is 14.0 Å². The van der Waals surface area contributed by atoms with Gasteiger partial charge in [-0.3, -0.25) is 9.69 Å². The Morgan fingerprint density at radius 1 is 1.19 bits per heavy atom. The van der Waals surface area contributed by atoms with Crippen LogP contribution in [0, 0.1) is 5.82 Å². The van der Waals surface area contributed by atoms with Crippen LogP contribution in [0.3, 0.4) is 0 Å². The summed E-state index contributed by atoms with van der Waals surface area (Å²) >= 11 is 0. The van der Waals surface area contributed by atoms with Crippen molar-refractivity contribution in [1.29, 1.82) is 0 Å². The quantitative estimate of drug-likeness (QED) is 0.920. The van der Waals surface area contributed by atoms with Crippen LogP contribution >= 0.6 is 0 Å². The molecule has 136 valence electrons. The van der Waals surface area contributed by atoms with E-state index < -0.39 is 6.04 Å². The average Bonchev–Trinajstić information content (AvgIpc) is 2.84. The Labute approximate surface area is 152 Å². The topological polar surface area (TPSA) is 52.7 Å². The number of amides is 3. The highest BCUT2D eigenvalue weighted by Gasteiger charge is 2.33. The lowest BCUT2D eigenvalue weighted by atomic mass is 10.0. The molecule has 1 aliphatic rings. The van der Waals surface area contributed by atoms with E-state index in [1.165, 1.54) is 17.0 Å². The van der Waals surface area contributed by atoms with Crippen LogP contribution in [-0.2, 0) is 11.2 Å². The normalized spacial score (nSPS) is 17.4. The van der Waals surface area contributed by atoms with Crippen molar-refractivity contribution >= 4 is 17.6 Å². The first-order valence-electron chi connectivity index (χ1n) is 8.68. The van der Waals surface area contributed by atoms with Gasteiger partial charge >= 0.3 is 6.03 Å². The molecule has 1 atom stereocenters. The first kappa shape index (κ1) is 17.9. The minimum Gasteiger partial charge on any atom is -0.354 e. The number of hydrogen-bond donors (Lipinski definition) is 1. The fraction of sp³-hybridized carbons (Fsp3) is 0.300. The molecular formula is C20H22FN3O2. The standard InChI is InChI=1S/C20H22FN3O2/c1-23(17-10-8-16(21)9-11-17)20(26)24-13-5-12-22-19(25)18(24)14-15-6-3-2-4-7-15/h2-4,6-11,18H,5,12-14H2,1H3,(H,22,25)/t18-/m0/s1. The summed E-state index contributed by atoms with van der Waals surface area (Å²) < 4.78 is 13.1. The van der Waals surface area contributed by atoms with Crippen molar-refractivity contribution in [1.82, 2.24) is 10.2 Å². The number of carbonyl (C=O) groups is 2. The van der Waals surface area contributed by atoms with Gasteiger partial charge in [-0.05, 0) is 36.2 Å². The van der Waals surface area contributed by atoms with Gasteiger partial charge in [0.05, 0.1) is 0 Å². The second-order valence-corrected chi connectivity index (χ2v) is 6.36. The highest BCUT2D eigenvalue weighted by Crippen LogP contribution is 2.19. The van der Waals surface area contributed by atoms with Gasteiger partial charge in [-0.25, -0.2) is 9.18 Å². The highest BCUT2D eigenvalue weighted by atomic mass is 19.1. The zero-order valence-corrected chi connectivity index (χ0v) is 14.7. The van der Waals surface area contributed by atoms with Crippen molar-refractivity contribution in [3.05, 3.63) is 66.0 Å². The van der Waals surface area contributed by atoms with Gasteiger partial charge in [0.15, 0.2) is 0 Å². The molecule has 5 nitrogen and oxygen atoms in total. The van der Waals surface area contributed by atoms with Crippen molar-refractivity contribution in [2.24, 2.45) is 0 Å². The van der Waals surface area contributed by atoms with E-state index >= 15 is 0 Å². The van der Waals surface area contributed by atoms with Crippen molar-refractivity contribution in [2.75, 3.05) is 25.0 Å². The maximum absolute atomic E-state index is 13.1. The van der Waals surface area contributed by atoms with E-state index in [0.717, 1.165) is 5.56 Å². The summed E-state index contributed by atoms with van der Waals surface area (Å²) in [6.07, 6.45) is 1.15. The minimum atomic E-state index is -0.574. The van der Waals surface area contributed by atoms with Gasteiger partial charge in [0, 0.05) is 32.2 Å². The van der Waals surface area contributed by atoms with Crippen LogP contribution in [0.4, 0.5) is 14.9 Å². The van der Waals surface area contributed by atoms with E-state index in [4.69, 9.17) is 0 Å². The van der Waals surface area contributed by atoms with Gasteiger partial charge in [-0.2, -0.15) is 0 Å². The zero-order valence-electron chi connectivity index (χ0n) is 14.7. The molecule has 2 aromatic rings. The Bertz CT molecular complexity index is 764. The Morgan fingerprint density at radius 3 is 2.58 bits per heavy atom.